The monoisotopic (exact) mass is 232 g/mol. The van der Waals surface area contributed by atoms with Crippen molar-refractivity contribution in [1.82, 2.24) is 9.97 Å². The largest absolute Gasteiger partial charge is 0.294 e. The highest BCUT2D eigenvalue weighted by Gasteiger charge is 2.09. The van der Waals surface area contributed by atoms with Gasteiger partial charge >= 0.3 is 0 Å². The van der Waals surface area contributed by atoms with Gasteiger partial charge in [-0.2, -0.15) is 0 Å². The van der Waals surface area contributed by atoms with Gasteiger partial charge in [0.05, 0.1) is 17.1 Å². The van der Waals surface area contributed by atoms with Gasteiger partial charge in [0.15, 0.2) is 5.78 Å². The zero-order valence-corrected chi connectivity index (χ0v) is 10.0. The van der Waals surface area contributed by atoms with Crippen molar-refractivity contribution in [1.29, 1.82) is 0 Å². The first kappa shape index (κ1) is 11.0. The number of thiazole rings is 1. The summed E-state index contributed by atoms with van der Waals surface area (Å²) in [5.74, 6) is 0.0933. The molecule has 0 fully saturated rings. The Morgan fingerprint density at radius 1 is 1.44 bits per heavy atom. The van der Waals surface area contributed by atoms with E-state index in [9.17, 15) is 4.79 Å². The Balaban J connectivity index is 2.14. The van der Waals surface area contributed by atoms with E-state index in [4.69, 9.17) is 0 Å². The molecular formula is C12H12N2OS. The second-order valence-electron chi connectivity index (χ2n) is 3.64. The zero-order valence-electron chi connectivity index (χ0n) is 9.23. The third-order valence-corrected chi connectivity index (χ3v) is 3.05. The Morgan fingerprint density at radius 2 is 2.25 bits per heavy atom. The minimum Gasteiger partial charge on any atom is -0.294 e. The lowest BCUT2D eigenvalue weighted by molar-refractivity contribution is 0.0992. The number of aryl methyl sites for hydroxylation is 2. The van der Waals surface area contributed by atoms with Crippen molar-refractivity contribution in [3.05, 3.63) is 45.7 Å². The molecule has 0 unspecified atom stereocenters. The summed E-state index contributed by atoms with van der Waals surface area (Å²) in [5.41, 5.74) is 2.42. The van der Waals surface area contributed by atoms with Crippen LogP contribution < -0.4 is 0 Å². The lowest BCUT2D eigenvalue weighted by Crippen LogP contribution is -2.04. The summed E-state index contributed by atoms with van der Waals surface area (Å²) in [6.07, 6.45) is 2.03. The Labute approximate surface area is 98.2 Å². The SMILES string of the molecule is Cc1cc(C(=O)Cc2csc(C)n2)ccn1. The minimum absolute atomic E-state index is 0.0933. The van der Waals surface area contributed by atoms with Crippen LogP contribution in [0.1, 0.15) is 26.8 Å². The van der Waals surface area contributed by atoms with Crippen molar-refractivity contribution in [2.45, 2.75) is 20.3 Å². The van der Waals surface area contributed by atoms with Gasteiger partial charge in [0.25, 0.3) is 0 Å². The molecule has 4 heteroatoms. The van der Waals surface area contributed by atoms with Gasteiger partial charge in [0.1, 0.15) is 0 Å². The smallest absolute Gasteiger partial charge is 0.168 e. The predicted molar refractivity (Wildman–Crippen MR) is 63.9 cm³/mol. The minimum atomic E-state index is 0.0933. The number of rotatable bonds is 3. The molecule has 0 atom stereocenters. The lowest BCUT2D eigenvalue weighted by atomic mass is 10.1. The van der Waals surface area contributed by atoms with Crippen LogP contribution >= 0.6 is 11.3 Å². The van der Waals surface area contributed by atoms with Crippen molar-refractivity contribution >= 4 is 17.1 Å². The molecule has 0 amide bonds. The molecule has 0 saturated heterocycles. The van der Waals surface area contributed by atoms with E-state index in [1.54, 1.807) is 23.6 Å². The second-order valence-corrected chi connectivity index (χ2v) is 4.71. The van der Waals surface area contributed by atoms with Gasteiger partial charge in [-0.25, -0.2) is 4.98 Å². The summed E-state index contributed by atoms with van der Waals surface area (Å²) in [6, 6.07) is 3.55. The van der Waals surface area contributed by atoms with Gasteiger partial charge in [-0.3, -0.25) is 9.78 Å². The van der Waals surface area contributed by atoms with Crippen molar-refractivity contribution in [3.63, 3.8) is 0 Å². The molecule has 82 valence electrons. The number of pyridine rings is 1. The molecule has 0 aliphatic heterocycles. The molecule has 0 N–H and O–H groups in total. The normalized spacial score (nSPS) is 10.4. The average molecular weight is 232 g/mol. The number of Topliss-reactive ketones (excluding diaryl/α,β-unsaturated/α-hetero) is 1. The molecule has 16 heavy (non-hydrogen) atoms. The van der Waals surface area contributed by atoms with Crippen molar-refractivity contribution in [2.24, 2.45) is 0 Å². The fraction of sp³-hybridized carbons (Fsp3) is 0.250. The van der Waals surface area contributed by atoms with Gasteiger partial charge < -0.3 is 0 Å². The molecule has 0 aromatic carbocycles. The molecule has 2 aromatic rings. The zero-order chi connectivity index (χ0) is 11.5. The molecule has 2 rings (SSSR count). The van der Waals surface area contributed by atoms with E-state index in [1.165, 1.54) is 0 Å². The van der Waals surface area contributed by atoms with Crippen LogP contribution in [0.25, 0.3) is 0 Å². The van der Waals surface area contributed by atoms with Crippen molar-refractivity contribution in [3.8, 4) is 0 Å². The Kier molecular flexibility index (Phi) is 3.10. The van der Waals surface area contributed by atoms with Crippen LogP contribution in [0.2, 0.25) is 0 Å². The summed E-state index contributed by atoms with van der Waals surface area (Å²) in [4.78, 5) is 20.3. The molecule has 2 aromatic heterocycles. The summed E-state index contributed by atoms with van der Waals surface area (Å²) in [5, 5.41) is 2.93. The Hall–Kier alpha value is -1.55. The van der Waals surface area contributed by atoms with Gasteiger partial charge in [-0.15, -0.1) is 11.3 Å². The molecule has 0 aliphatic carbocycles. The average Bonchev–Trinajstić information content (AvgIpc) is 2.64. The predicted octanol–water partition coefficient (Wildman–Crippen LogP) is 2.58. The maximum absolute atomic E-state index is 11.9. The lowest BCUT2D eigenvalue weighted by Gasteiger charge is -1.99. The van der Waals surface area contributed by atoms with Gasteiger partial charge in [-0.1, -0.05) is 0 Å². The van der Waals surface area contributed by atoms with Crippen LogP contribution in [0.15, 0.2) is 23.7 Å². The summed E-state index contributed by atoms with van der Waals surface area (Å²) in [6.45, 7) is 3.82. The fourth-order valence-electron chi connectivity index (χ4n) is 1.47. The van der Waals surface area contributed by atoms with Crippen molar-refractivity contribution < 1.29 is 4.79 Å². The molecule has 0 bridgehead atoms. The first-order chi connectivity index (χ1) is 7.65. The number of hydrogen-bond donors (Lipinski definition) is 0. The van der Waals surface area contributed by atoms with Crippen LogP contribution in [0.3, 0.4) is 0 Å². The topological polar surface area (TPSA) is 42.9 Å². The summed E-state index contributed by atoms with van der Waals surface area (Å²) < 4.78 is 0. The van der Waals surface area contributed by atoms with Crippen LogP contribution in [0, 0.1) is 13.8 Å². The van der Waals surface area contributed by atoms with E-state index < -0.39 is 0 Å². The third kappa shape index (κ3) is 2.52. The molecule has 3 nitrogen and oxygen atoms in total. The summed E-state index contributed by atoms with van der Waals surface area (Å²) in [7, 11) is 0. The maximum Gasteiger partial charge on any atom is 0.168 e. The number of carbonyl (C=O) groups excluding carboxylic acids is 1. The third-order valence-electron chi connectivity index (χ3n) is 2.23. The first-order valence-electron chi connectivity index (χ1n) is 5.02. The number of nitrogens with zero attached hydrogens (tertiary/aromatic N) is 2. The molecule has 0 radical (unpaired) electrons. The first-order valence-corrected chi connectivity index (χ1v) is 5.90. The molecule has 0 spiro atoms. The number of aromatic nitrogens is 2. The molecular weight excluding hydrogens is 220 g/mol. The van der Waals surface area contributed by atoms with E-state index in [-0.39, 0.29) is 5.78 Å². The highest BCUT2D eigenvalue weighted by atomic mass is 32.1. The standard InChI is InChI=1S/C12H12N2OS/c1-8-5-10(3-4-13-8)12(15)6-11-7-16-9(2)14-11/h3-5,7H,6H2,1-2H3. The molecule has 0 aliphatic rings. The molecule has 0 saturated carbocycles. The van der Waals surface area contributed by atoms with E-state index in [1.807, 2.05) is 25.3 Å². The highest BCUT2D eigenvalue weighted by molar-refractivity contribution is 7.09. The van der Waals surface area contributed by atoms with E-state index in [2.05, 4.69) is 9.97 Å². The van der Waals surface area contributed by atoms with Crippen LogP contribution in [0.4, 0.5) is 0 Å². The Bertz CT molecular complexity index is 519. The van der Waals surface area contributed by atoms with E-state index in [0.29, 0.717) is 12.0 Å². The summed E-state index contributed by atoms with van der Waals surface area (Å²) >= 11 is 1.57. The maximum atomic E-state index is 11.9. The van der Waals surface area contributed by atoms with E-state index >= 15 is 0 Å². The highest BCUT2D eigenvalue weighted by Crippen LogP contribution is 2.11. The van der Waals surface area contributed by atoms with Crippen LogP contribution in [0.5, 0.6) is 0 Å². The van der Waals surface area contributed by atoms with Crippen LogP contribution in [-0.4, -0.2) is 15.8 Å². The molecule has 2 heterocycles. The van der Waals surface area contributed by atoms with Gasteiger partial charge in [0.2, 0.25) is 0 Å². The second kappa shape index (κ2) is 4.53. The van der Waals surface area contributed by atoms with Crippen LogP contribution in [-0.2, 0) is 6.42 Å². The number of ketones is 1. The van der Waals surface area contributed by atoms with Crippen molar-refractivity contribution in [2.75, 3.05) is 0 Å². The fourth-order valence-corrected chi connectivity index (χ4v) is 2.09. The Morgan fingerprint density at radius 3 is 2.88 bits per heavy atom. The van der Waals surface area contributed by atoms with E-state index in [0.717, 1.165) is 16.4 Å². The number of hydrogen-bond acceptors (Lipinski definition) is 4. The van der Waals surface area contributed by atoms with Gasteiger partial charge in [-0.05, 0) is 26.0 Å². The number of carbonyl (C=O) groups is 1. The van der Waals surface area contributed by atoms with Gasteiger partial charge in [0, 0.05) is 22.8 Å². The quantitative estimate of drug-likeness (QED) is 0.764.